The van der Waals surface area contributed by atoms with Crippen molar-refractivity contribution in [3.05, 3.63) is 96.1 Å². The lowest BCUT2D eigenvalue weighted by atomic mass is 9.97. The number of rotatable bonds is 2. The van der Waals surface area contributed by atoms with Gasteiger partial charge in [0.15, 0.2) is 0 Å². The third-order valence-corrected chi connectivity index (χ3v) is 6.44. The van der Waals surface area contributed by atoms with E-state index in [1.165, 1.54) is 31.7 Å². The summed E-state index contributed by atoms with van der Waals surface area (Å²) in [6.45, 7) is 0. The number of benzene rings is 4. The van der Waals surface area contributed by atoms with Crippen LogP contribution in [0.3, 0.4) is 0 Å². The van der Waals surface area contributed by atoms with Crippen molar-refractivity contribution in [2.45, 2.75) is 0 Å². The maximum absolute atomic E-state index is 9.41. The predicted octanol–water partition coefficient (Wildman–Crippen LogP) is 7.13. The molecule has 0 amide bonds. The first kappa shape index (κ1) is 17.2. The second-order valence-electron chi connectivity index (χ2n) is 6.86. The van der Waals surface area contributed by atoms with Gasteiger partial charge in [0.25, 0.3) is 0 Å². The summed E-state index contributed by atoms with van der Waals surface area (Å²) in [4.78, 5) is 2.42. The van der Waals surface area contributed by atoms with E-state index in [-0.39, 0.29) is 0 Å². The molecule has 0 aliphatic carbocycles. The molecule has 4 aromatic carbocycles. The van der Waals surface area contributed by atoms with Crippen molar-refractivity contribution in [3.63, 3.8) is 0 Å². The van der Waals surface area contributed by atoms with Crippen molar-refractivity contribution in [3.8, 4) is 33.0 Å². The summed E-state index contributed by atoms with van der Waals surface area (Å²) in [5.41, 5.74) is 3.19. The Morgan fingerprint density at radius 1 is 0.552 bits per heavy atom. The summed E-state index contributed by atoms with van der Waals surface area (Å²) in [7, 11) is 0. The van der Waals surface area contributed by atoms with E-state index < -0.39 is 0 Å². The average molecular weight is 386 g/mol. The zero-order valence-corrected chi connectivity index (χ0v) is 16.2. The lowest BCUT2D eigenvalue weighted by molar-refractivity contribution is 1.45. The van der Waals surface area contributed by atoms with E-state index in [1.54, 1.807) is 11.3 Å². The second kappa shape index (κ2) is 6.91. The highest BCUT2D eigenvalue weighted by molar-refractivity contribution is 7.21. The Morgan fingerprint density at radius 3 is 1.34 bits per heavy atom. The fourth-order valence-corrected chi connectivity index (χ4v) is 5.00. The minimum atomic E-state index is 0.416. The predicted molar refractivity (Wildman–Crippen MR) is 120 cm³/mol. The van der Waals surface area contributed by atoms with E-state index in [0.717, 1.165) is 10.8 Å². The van der Waals surface area contributed by atoms with Gasteiger partial charge >= 0.3 is 0 Å². The van der Waals surface area contributed by atoms with E-state index in [1.807, 2.05) is 24.3 Å². The molecule has 1 heterocycles. The maximum atomic E-state index is 9.41. The summed E-state index contributed by atoms with van der Waals surface area (Å²) in [5, 5.41) is 23.1. The van der Waals surface area contributed by atoms with Crippen LogP contribution in [0.25, 0.3) is 42.4 Å². The van der Waals surface area contributed by atoms with Crippen LogP contribution in [0.15, 0.2) is 84.9 Å². The van der Waals surface area contributed by atoms with Crippen LogP contribution in [0, 0.1) is 22.7 Å². The smallest absolute Gasteiger partial charge is 0.101 e. The Bertz CT molecular complexity index is 1340. The van der Waals surface area contributed by atoms with E-state index >= 15 is 0 Å². The number of thiophene rings is 1. The highest BCUT2D eigenvalue weighted by Gasteiger charge is 2.16. The maximum Gasteiger partial charge on any atom is 0.101 e. The highest BCUT2D eigenvalue weighted by atomic mass is 32.1. The molecule has 0 aliphatic heterocycles. The third-order valence-electron chi connectivity index (χ3n) is 5.12. The summed E-state index contributed by atoms with van der Waals surface area (Å²) in [6, 6.07) is 33.0. The lowest BCUT2D eigenvalue weighted by Gasteiger charge is -2.05. The van der Waals surface area contributed by atoms with Gasteiger partial charge in [-0.15, -0.1) is 11.3 Å². The van der Waals surface area contributed by atoms with Crippen LogP contribution < -0.4 is 0 Å². The standard InChI is InChI=1S/C26H14N2S/c27-15-21-11-19-13-23-24(14-20(19)12-22(21)16-28)26(18-9-5-2-6-10-18)29-25(23)17-7-3-1-4-8-17/h1-14H. The number of nitriles is 2. The molecule has 0 bridgehead atoms. The zero-order chi connectivity index (χ0) is 19.8. The first-order chi connectivity index (χ1) is 14.3. The molecule has 0 fully saturated rings. The quantitative estimate of drug-likeness (QED) is 0.324. The van der Waals surface area contributed by atoms with Gasteiger partial charge in [0.05, 0.1) is 11.1 Å². The molecule has 3 heteroatoms. The Kier molecular flexibility index (Phi) is 4.10. The first-order valence-corrected chi connectivity index (χ1v) is 10.1. The van der Waals surface area contributed by atoms with Crippen LogP contribution in [-0.4, -0.2) is 0 Å². The van der Waals surface area contributed by atoms with Gasteiger partial charge < -0.3 is 0 Å². The van der Waals surface area contributed by atoms with Crippen molar-refractivity contribution >= 4 is 32.9 Å². The van der Waals surface area contributed by atoms with Gasteiger partial charge in [-0.1, -0.05) is 60.7 Å². The average Bonchev–Trinajstić information content (AvgIpc) is 3.16. The summed E-state index contributed by atoms with van der Waals surface area (Å²) in [6.07, 6.45) is 0. The number of hydrogen-bond donors (Lipinski definition) is 0. The Hall–Kier alpha value is -3.92. The molecule has 0 spiro atoms. The SMILES string of the molecule is N#Cc1cc2cc3c(-c4ccccc4)sc(-c4ccccc4)c3cc2cc1C#N. The number of fused-ring (bicyclic) bond motifs is 2. The summed E-state index contributed by atoms with van der Waals surface area (Å²) in [5.74, 6) is 0. The first-order valence-electron chi connectivity index (χ1n) is 9.24. The van der Waals surface area contributed by atoms with Gasteiger partial charge in [-0.2, -0.15) is 10.5 Å². The molecule has 0 unspecified atom stereocenters. The molecule has 5 aromatic rings. The zero-order valence-electron chi connectivity index (χ0n) is 15.4. The normalized spacial score (nSPS) is 10.7. The molecule has 5 rings (SSSR count). The molecule has 1 aromatic heterocycles. The van der Waals surface area contributed by atoms with Gasteiger partial charge in [0.2, 0.25) is 0 Å². The largest absolute Gasteiger partial charge is 0.192 e. The molecule has 0 aliphatic rings. The minimum Gasteiger partial charge on any atom is -0.192 e. The van der Waals surface area contributed by atoms with Crippen LogP contribution in [-0.2, 0) is 0 Å². The van der Waals surface area contributed by atoms with E-state index in [4.69, 9.17) is 0 Å². The van der Waals surface area contributed by atoms with Crippen molar-refractivity contribution in [2.75, 3.05) is 0 Å². The Morgan fingerprint density at radius 2 is 0.966 bits per heavy atom. The lowest BCUT2D eigenvalue weighted by Crippen LogP contribution is -1.85. The summed E-state index contributed by atoms with van der Waals surface area (Å²) < 4.78 is 0. The molecule has 0 N–H and O–H groups in total. The molecule has 0 saturated heterocycles. The van der Waals surface area contributed by atoms with Crippen LogP contribution in [0.1, 0.15) is 11.1 Å². The topological polar surface area (TPSA) is 47.6 Å². The number of hydrogen-bond acceptors (Lipinski definition) is 3. The van der Waals surface area contributed by atoms with Crippen molar-refractivity contribution in [1.29, 1.82) is 10.5 Å². The van der Waals surface area contributed by atoms with Gasteiger partial charge in [-0.05, 0) is 46.2 Å². The van der Waals surface area contributed by atoms with Crippen LogP contribution >= 0.6 is 11.3 Å². The van der Waals surface area contributed by atoms with Gasteiger partial charge in [-0.25, -0.2) is 0 Å². The van der Waals surface area contributed by atoms with Crippen LogP contribution in [0.4, 0.5) is 0 Å². The van der Waals surface area contributed by atoms with Gasteiger partial charge in [0, 0.05) is 20.5 Å². The molecule has 0 radical (unpaired) electrons. The molecule has 29 heavy (non-hydrogen) atoms. The highest BCUT2D eigenvalue weighted by Crippen LogP contribution is 2.45. The van der Waals surface area contributed by atoms with Gasteiger partial charge in [-0.3, -0.25) is 0 Å². The second-order valence-corrected chi connectivity index (χ2v) is 7.88. The van der Waals surface area contributed by atoms with Crippen molar-refractivity contribution < 1.29 is 0 Å². The fraction of sp³-hybridized carbons (Fsp3) is 0. The van der Waals surface area contributed by atoms with Crippen molar-refractivity contribution in [2.24, 2.45) is 0 Å². The third kappa shape index (κ3) is 2.86. The number of nitrogens with zero attached hydrogens (tertiary/aromatic N) is 2. The minimum absolute atomic E-state index is 0.416. The van der Waals surface area contributed by atoms with E-state index in [9.17, 15) is 10.5 Å². The molecular weight excluding hydrogens is 372 g/mol. The molecule has 2 nitrogen and oxygen atoms in total. The monoisotopic (exact) mass is 386 g/mol. The molecule has 0 atom stereocenters. The van der Waals surface area contributed by atoms with E-state index in [0.29, 0.717) is 11.1 Å². The molecule has 134 valence electrons. The fourth-order valence-electron chi connectivity index (χ4n) is 3.73. The molecular formula is C26H14N2S. The van der Waals surface area contributed by atoms with Crippen LogP contribution in [0.2, 0.25) is 0 Å². The Balaban J connectivity index is 1.89. The van der Waals surface area contributed by atoms with E-state index in [2.05, 4.69) is 72.8 Å². The van der Waals surface area contributed by atoms with Crippen molar-refractivity contribution in [1.82, 2.24) is 0 Å². The van der Waals surface area contributed by atoms with Crippen LogP contribution in [0.5, 0.6) is 0 Å². The summed E-state index contributed by atoms with van der Waals surface area (Å²) >= 11 is 1.78. The van der Waals surface area contributed by atoms with Gasteiger partial charge in [0.1, 0.15) is 12.1 Å². The molecule has 0 saturated carbocycles. The Labute approximate surface area is 172 Å².